The number of nitrogens with zero attached hydrogens (tertiary/aromatic N) is 2. The van der Waals surface area contributed by atoms with E-state index >= 15 is 0 Å². The van der Waals surface area contributed by atoms with Gasteiger partial charge >= 0.3 is 0 Å². The van der Waals surface area contributed by atoms with E-state index in [1.807, 2.05) is 26.2 Å². The minimum absolute atomic E-state index is 0. The predicted molar refractivity (Wildman–Crippen MR) is 57.0 cm³/mol. The highest BCUT2D eigenvalue weighted by Crippen LogP contribution is 2.14. The van der Waals surface area contributed by atoms with Crippen LogP contribution in [-0.4, -0.2) is 30.5 Å². The third kappa shape index (κ3) is 3.30. The molecule has 0 aromatic carbocycles. The summed E-state index contributed by atoms with van der Waals surface area (Å²) >= 11 is 0. The third-order valence-electron chi connectivity index (χ3n) is 1.94. The van der Waals surface area contributed by atoms with Gasteiger partial charge in [0.2, 0.25) is 0 Å². The van der Waals surface area contributed by atoms with E-state index in [-0.39, 0.29) is 12.4 Å². The zero-order valence-corrected chi connectivity index (χ0v) is 8.79. The number of hydrogen-bond donors (Lipinski definition) is 1. The number of rotatable bonds is 3. The minimum Gasteiger partial charge on any atom is -0.329 e. The molecule has 0 aliphatic rings. The molecule has 0 aliphatic heterocycles. The average molecular weight is 202 g/mol. The molecule has 0 saturated carbocycles. The van der Waals surface area contributed by atoms with Crippen LogP contribution in [0.25, 0.3) is 0 Å². The first kappa shape index (κ1) is 12.4. The molecule has 3 nitrogen and oxygen atoms in total. The van der Waals surface area contributed by atoms with Crippen molar-refractivity contribution < 1.29 is 0 Å². The second-order valence-corrected chi connectivity index (χ2v) is 3.00. The standard InChI is InChI=1S/C9H15N3.ClH/c1-12(2)9(7-10)8-3-5-11-6-4-8;/h3-6,9H,7,10H2,1-2H3;1H. The minimum atomic E-state index is 0. The molecule has 4 heteroatoms. The SMILES string of the molecule is CN(C)C(CN)c1ccncc1.Cl. The van der Waals surface area contributed by atoms with E-state index in [4.69, 9.17) is 5.73 Å². The average Bonchev–Trinajstić information content (AvgIpc) is 2.07. The van der Waals surface area contributed by atoms with Gasteiger partial charge in [0.1, 0.15) is 0 Å². The molecule has 0 aliphatic carbocycles. The van der Waals surface area contributed by atoms with Gasteiger partial charge in [-0.15, -0.1) is 12.4 Å². The van der Waals surface area contributed by atoms with Crippen LogP contribution in [0.1, 0.15) is 11.6 Å². The lowest BCUT2D eigenvalue weighted by Crippen LogP contribution is -2.27. The summed E-state index contributed by atoms with van der Waals surface area (Å²) in [6.07, 6.45) is 3.59. The van der Waals surface area contributed by atoms with Crippen LogP contribution in [0.2, 0.25) is 0 Å². The molecule has 1 atom stereocenters. The van der Waals surface area contributed by atoms with E-state index in [9.17, 15) is 0 Å². The Morgan fingerprint density at radius 1 is 1.38 bits per heavy atom. The molecule has 0 amide bonds. The molecule has 74 valence electrons. The van der Waals surface area contributed by atoms with Crippen molar-refractivity contribution in [1.29, 1.82) is 0 Å². The zero-order chi connectivity index (χ0) is 8.97. The van der Waals surface area contributed by atoms with Crippen molar-refractivity contribution >= 4 is 12.4 Å². The van der Waals surface area contributed by atoms with Crippen LogP contribution in [-0.2, 0) is 0 Å². The molecule has 1 unspecified atom stereocenters. The Morgan fingerprint density at radius 2 is 1.92 bits per heavy atom. The fourth-order valence-corrected chi connectivity index (χ4v) is 1.23. The van der Waals surface area contributed by atoms with E-state index < -0.39 is 0 Å². The fourth-order valence-electron chi connectivity index (χ4n) is 1.23. The van der Waals surface area contributed by atoms with E-state index in [1.165, 1.54) is 5.56 Å². The Kier molecular flexibility index (Phi) is 5.62. The first-order chi connectivity index (χ1) is 5.75. The summed E-state index contributed by atoms with van der Waals surface area (Å²) < 4.78 is 0. The molecule has 0 fully saturated rings. The van der Waals surface area contributed by atoms with Crippen LogP contribution < -0.4 is 5.73 Å². The Labute approximate surface area is 85.4 Å². The fraction of sp³-hybridized carbons (Fsp3) is 0.444. The number of likely N-dealkylation sites (N-methyl/N-ethyl adjacent to an activating group) is 1. The van der Waals surface area contributed by atoms with Crippen molar-refractivity contribution in [2.75, 3.05) is 20.6 Å². The summed E-state index contributed by atoms with van der Waals surface area (Å²) in [7, 11) is 4.05. The molecule has 0 saturated heterocycles. The van der Waals surface area contributed by atoms with Gasteiger partial charge in [0.25, 0.3) is 0 Å². The highest BCUT2D eigenvalue weighted by molar-refractivity contribution is 5.85. The number of pyridine rings is 1. The first-order valence-electron chi connectivity index (χ1n) is 4.02. The second kappa shape index (κ2) is 5.91. The van der Waals surface area contributed by atoms with Crippen molar-refractivity contribution in [3.05, 3.63) is 30.1 Å². The topological polar surface area (TPSA) is 42.1 Å². The predicted octanol–water partition coefficient (Wildman–Crippen LogP) is 1.06. The molecular weight excluding hydrogens is 186 g/mol. The van der Waals surface area contributed by atoms with Crippen molar-refractivity contribution in [2.24, 2.45) is 5.73 Å². The number of nitrogens with two attached hydrogens (primary N) is 1. The van der Waals surface area contributed by atoms with Gasteiger partial charge in [-0.05, 0) is 31.8 Å². The molecule has 0 bridgehead atoms. The van der Waals surface area contributed by atoms with Gasteiger partial charge in [-0.1, -0.05) is 0 Å². The molecule has 1 aromatic rings. The van der Waals surface area contributed by atoms with Gasteiger partial charge < -0.3 is 10.6 Å². The van der Waals surface area contributed by atoms with Crippen molar-refractivity contribution in [3.8, 4) is 0 Å². The maximum absolute atomic E-state index is 5.64. The first-order valence-corrected chi connectivity index (χ1v) is 4.02. The lowest BCUT2D eigenvalue weighted by atomic mass is 10.1. The molecule has 0 radical (unpaired) electrons. The molecule has 13 heavy (non-hydrogen) atoms. The summed E-state index contributed by atoms with van der Waals surface area (Å²) in [5.74, 6) is 0. The van der Waals surface area contributed by atoms with Crippen LogP contribution in [0.4, 0.5) is 0 Å². The van der Waals surface area contributed by atoms with Crippen LogP contribution >= 0.6 is 12.4 Å². The molecule has 0 spiro atoms. The number of halogens is 1. The largest absolute Gasteiger partial charge is 0.329 e. The van der Waals surface area contributed by atoms with Crippen LogP contribution in [0.3, 0.4) is 0 Å². The Hall–Kier alpha value is -0.640. The van der Waals surface area contributed by atoms with Gasteiger partial charge in [-0.25, -0.2) is 0 Å². The number of aromatic nitrogens is 1. The monoisotopic (exact) mass is 201 g/mol. The normalized spacial score (nSPS) is 12.3. The van der Waals surface area contributed by atoms with Gasteiger partial charge in [-0.3, -0.25) is 4.98 Å². The summed E-state index contributed by atoms with van der Waals surface area (Å²) in [4.78, 5) is 6.07. The third-order valence-corrected chi connectivity index (χ3v) is 1.94. The van der Waals surface area contributed by atoms with E-state index in [2.05, 4.69) is 9.88 Å². The van der Waals surface area contributed by atoms with Crippen LogP contribution in [0.5, 0.6) is 0 Å². The summed E-state index contributed by atoms with van der Waals surface area (Å²) in [5, 5.41) is 0. The van der Waals surface area contributed by atoms with Crippen molar-refractivity contribution in [1.82, 2.24) is 9.88 Å². The molecule has 1 heterocycles. The highest BCUT2D eigenvalue weighted by Gasteiger charge is 2.10. The lowest BCUT2D eigenvalue weighted by molar-refractivity contribution is 0.306. The van der Waals surface area contributed by atoms with Crippen molar-refractivity contribution in [3.63, 3.8) is 0 Å². The van der Waals surface area contributed by atoms with Gasteiger partial charge in [0.05, 0.1) is 0 Å². The lowest BCUT2D eigenvalue weighted by Gasteiger charge is -2.22. The quantitative estimate of drug-likeness (QED) is 0.796. The molecule has 1 aromatic heterocycles. The zero-order valence-electron chi connectivity index (χ0n) is 7.97. The van der Waals surface area contributed by atoms with E-state index in [0.717, 1.165) is 0 Å². The smallest absolute Gasteiger partial charge is 0.0465 e. The van der Waals surface area contributed by atoms with Crippen LogP contribution in [0.15, 0.2) is 24.5 Å². The van der Waals surface area contributed by atoms with Gasteiger partial charge in [0, 0.05) is 25.0 Å². The van der Waals surface area contributed by atoms with Crippen LogP contribution in [0, 0.1) is 0 Å². The van der Waals surface area contributed by atoms with Crippen molar-refractivity contribution in [2.45, 2.75) is 6.04 Å². The number of hydrogen-bond acceptors (Lipinski definition) is 3. The Morgan fingerprint density at radius 3 is 2.31 bits per heavy atom. The van der Waals surface area contributed by atoms with Gasteiger partial charge in [-0.2, -0.15) is 0 Å². The maximum Gasteiger partial charge on any atom is 0.0465 e. The summed E-state index contributed by atoms with van der Waals surface area (Å²) in [6.45, 7) is 0.636. The maximum atomic E-state index is 5.64. The Bertz CT molecular complexity index is 226. The van der Waals surface area contributed by atoms with E-state index in [0.29, 0.717) is 12.6 Å². The summed E-state index contributed by atoms with van der Waals surface area (Å²) in [6, 6.07) is 4.29. The van der Waals surface area contributed by atoms with Gasteiger partial charge in [0.15, 0.2) is 0 Å². The second-order valence-electron chi connectivity index (χ2n) is 3.00. The van der Waals surface area contributed by atoms with E-state index in [1.54, 1.807) is 12.4 Å². The summed E-state index contributed by atoms with van der Waals surface area (Å²) in [5.41, 5.74) is 6.86. The molecule has 2 N–H and O–H groups in total. The highest BCUT2D eigenvalue weighted by atomic mass is 35.5. The Balaban J connectivity index is 0.00000144. The molecule has 1 rings (SSSR count). The molecular formula is C9H16ClN3.